The van der Waals surface area contributed by atoms with Crippen molar-refractivity contribution in [1.82, 2.24) is 4.90 Å². The second kappa shape index (κ2) is 6.21. The molecule has 3 nitrogen and oxygen atoms in total. The highest BCUT2D eigenvalue weighted by Crippen LogP contribution is 2.17. The number of carbonyl (C=O) groups excluding carboxylic acids is 1. The lowest BCUT2D eigenvalue weighted by Crippen LogP contribution is -2.29. The summed E-state index contributed by atoms with van der Waals surface area (Å²) in [5.41, 5.74) is 1.09. The van der Waals surface area contributed by atoms with Crippen LogP contribution in [0.1, 0.15) is 18.4 Å². The van der Waals surface area contributed by atoms with E-state index in [1.807, 2.05) is 29.2 Å². The van der Waals surface area contributed by atoms with E-state index >= 15 is 0 Å². The predicted octanol–water partition coefficient (Wildman–Crippen LogP) is 2.11. The van der Waals surface area contributed by atoms with Crippen molar-refractivity contribution in [3.8, 4) is 0 Å². The van der Waals surface area contributed by atoms with Crippen molar-refractivity contribution in [2.45, 2.75) is 19.3 Å². The smallest absolute Gasteiger partial charge is 0.222 e. The highest BCUT2D eigenvalue weighted by Gasteiger charge is 2.25. The van der Waals surface area contributed by atoms with E-state index in [4.69, 9.17) is 16.7 Å². The molecule has 1 unspecified atom stereocenters. The molecule has 0 spiro atoms. The van der Waals surface area contributed by atoms with Crippen molar-refractivity contribution < 1.29 is 9.90 Å². The number of aliphatic hydroxyl groups is 1. The molecule has 1 saturated heterocycles. The van der Waals surface area contributed by atoms with Gasteiger partial charge in [-0.05, 0) is 30.5 Å². The average Bonchev–Trinajstić information content (AvgIpc) is 2.85. The summed E-state index contributed by atoms with van der Waals surface area (Å²) in [5.74, 6) is 0.436. The molecule has 0 aromatic heterocycles. The monoisotopic (exact) mass is 267 g/mol. The Bertz CT molecular complexity index is 422. The van der Waals surface area contributed by atoms with Gasteiger partial charge in [0.05, 0.1) is 0 Å². The Balaban J connectivity index is 1.82. The minimum atomic E-state index is 0.172. The van der Waals surface area contributed by atoms with Gasteiger partial charge in [-0.2, -0.15) is 0 Å². The van der Waals surface area contributed by atoms with Crippen LogP contribution in [-0.2, 0) is 11.2 Å². The minimum absolute atomic E-state index is 0.172. The molecule has 1 aromatic rings. The summed E-state index contributed by atoms with van der Waals surface area (Å²) < 4.78 is 0. The summed E-state index contributed by atoms with van der Waals surface area (Å²) in [6.07, 6.45) is 2.15. The zero-order valence-electron chi connectivity index (χ0n) is 10.3. The van der Waals surface area contributed by atoms with E-state index in [9.17, 15) is 4.79 Å². The van der Waals surface area contributed by atoms with Crippen LogP contribution in [0.4, 0.5) is 0 Å². The Kier molecular flexibility index (Phi) is 4.61. The molecule has 1 atom stereocenters. The molecule has 18 heavy (non-hydrogen) atoms. The highest BCUT2D eigenvalue weighted by molar-refractivity contribution is 6.30. The van der Waals surface area contributed by atoms with Crippen molar-refractivity contribution >= 4 is 17.5 Å². The van der Waals surface area contributed by atoms with Crippen molar-refractivity contribution in [2.75, 3.05) is 19.7 Å². The normalized spacial score (nSPS) is 19.2. The second-order valence-corrected chi connectivity index (χ2v) is 5.24. The molecule has 0 bridgehead atoms. The lowest BCUT2D eigenvalue weighted by molar-refractivity contribution is -0.130. The molecule has 2 rings (SSSR count). The predicted molar refractivity (Wildman–Crippen MR) is 71.5 cm³/mol. The van der Waals surface area contributed by atoms with Crippen LogP contribution in [-0.4, -0.2) is 35.6 Å². The standard InChI is InChI=1S/C14H18ClNO2/c15-13-3-1-2-11(8-13)4-5-14(18)16-7-6-12(9-16)10-17/h1-3,8,12,17H,4-7,9-10H2. The first-order valence-corrected chi connectivity index (χ1v) is 6.70. The van der Waals surface area contributed by atoms with Gasteiger partial charge in [0.15, 0.2) is 0 Å². The van der Waals surface area contributed by atoms with Crippen LogP contribution in [0.15, 0.2) is 24.3 Å². The molecule has 1 heterocycles. The molecule has 1 aliphatic rings. The first-order valence-electron chi connectivity index (χ1n) is 6.32. The zero-order chi connectivity index (χ0) is 13.0. The van der Waals surface area contributed by atoms with Gasteiger partial charge in [-0.3, -0.25) is 4.79 Å². The fraction of sp³-hybridized carbons (Fsp3) is 0.500. The van der Waals surface area contributed by atoms with Crippen molar-refractivity contribution in [3.05, 3.63) is 34.9 Å². The Morgan fingerprint density at radius 1 is 1.50 bits per heavy atom. The largest absolute Gasteiger partial charge is 0.396 e. The number of benzene rings is 1. The molecule has 0 aliphatic carbocycles. The number of aryl methyl sites for hydroxylation is 1. The molecule has 98 valence electrons. The summed E-state index contributed by atoms with van der Waals surface area (Å²) in [6.45, 7) is 1.66. The Morgan fingerprint density at radius 3 is 3.00 bits per heavy atom. The lowest BCUT2D eigenvalue weighted by atomic mass is 10.1. The summed E-state index contributed by atoms with van der Waals surface area (Å²) in [4.78, 5) is 13.8. The van der Waals surface area contributed by atoms with Gasteiger partial charge in [-0.15, -0.1) is 0 Å². The molecule has 4 heteroatoms. The third-order valence-corrected chi connectivity index (χ3v) is 3.65. The van der Waals surface area contributed by atoms with E-state index < -0.39 is 0 Å². The van der Waals surface area contributed by atoms with Crippen molar-refractivity contribution in [1.29, 1.82) is 0 Å². The molecular formula is C14H18ClNO2. The molecule has 0 radical (unpaired) electrons. The fourth-order valence-electron chi connectivity index (χ4n) is 2.31. The molecule has 0 saturated carbocycles. The number of aliphatic hydroxyl groups excluding tert-OH is 1. The molecule has 1 aliphatic heterocycles. The maximum Gasteiger partial charge on any atom is 0.222 e. The number of hydrogen-bond donors (Lipinski definition) is 1. The Labute approximate surface area is 112 Å². The third-order valence-electron chi connectivity index (χ3n) is 3.41. The van der Waals surface area contributed by atoms with Gasteiger partial charge in [0, 0.05) is 37.1 Å². The molecule has 1 amide bonds. The molecular weight excluding hydrogens is 250 g/mol. The van der Waals surface area contributed by atoms with Gasteiger partial charge < -0.3 is 10.0 Å². The Morgan fingerprint density at radius 2 is 2.33 bits per heavy atom. The van der Waals surface area contributed by atoms with Crippen LogP contribution in [0, 0.1) is 5.92 Å². The maximum absolute atomic E-state index is 12.0. The van der Waals surface area contributed by atoms with Crippen LogP contribution in [0.5, 0.6) is 0 Å². The van der Waals surface area contributed by atoms with Crippen molar-refractivity contribution in [2.24, 2.45) is 5.92 Å². The zero-order valence-corrected chi connectivity index (χ0v) is 11.1. The van der Waals surface area contributed by atoms with E-state index in [0.29, 0.717) is 18.0 Å². The Hall–Kier alpha value is -1.06. The van der Waals surface area contributed by atoms with Gasteiger partial charge in [-0.1, -0.05) is 23.7 Å². The lowest BCUT2D eigenvalue weighted by Gasteiger charge is -2.16. The number of hydrogen-bond acceptors (Lipinski definition) is 2. The average molecular weight is 268 g/mol. The molecule has 1 N–H and O–H groups in total. The first-order chi connectivity index (χ1) is 8.69. The van der Waals surface area contributed by atoms with Crippen LogP contribution < -0.4 is 0 Å². The van der Waals surface area contributed by atoms with Crippen LogP contribution in [0.2, 0.25) is 5.02 Å². The van der Waals surface area contributed by atoms with Crippen LogP contribution >= 0.6 is 11.6 Å². The third kappa shape index (κ3) is 3.47. The maximum atomic E-state index is 12.0. The van der Waals surface area contributed by atoms with E-state index in [0.717, 1.165) is 24.9 Å². The SMILES string of the molecule is O=C(CCc1cccc(Cl)c1)N1CCC(CO)C1. The van der Waals surface area contributed by atoms with E-state index in [-0.39, 0.29) is 18.4 Å². The minimum Gasteiger partial charge on any atom is -0.396 e. The highest BCUT2D eigenvalue weighted by atomic mass is 35.5. The number of carbonyl (C=O) groups is 1. The quantitative estimate of drug-likeness (QED) is 0.908. The summed E-state index contributed by atoms with van der Waals surface area (Å²) in [7, 11) is 0. The van der Waals surface area contributed by atoms with Crippen LogP contribution in [0.3, 0.4) is 0 Å². The van der Waals surface area contributed by atoms with Gasteiger partial charge >= 0.3 is 0 Å². The van der Waals surface area contributed by atoms with Gasteiger partial charge in [0.1, 0.15) is 0 Å². The molecule has 1 fully saturated rings. The molecule has 1 aromatic carbocycles. The number of amides is 1. The topological polar surface area (TPSA) is 40.5 Å². The number of nitrogens with zero attached hydrogens (tertiary/aromatic N) is 1. The second-order valence-electron chi connectivity index (χ2n) is 4.81. The summed E-state index contributed by atoms with van der Waals surface area (Å²) in [5, 5.41) is 9.76. The number of likely N-dealkylation sites (tertiary alicyclic amines) is 1. The first kappa shape index (κ1) is 13.4. The van der Waals surface area contributed by atoms with Gasteiger partial charge in [0.25, 0.3) is 0 Å². The van der Waals surface area contributed by atoms with Gasteiger partial charge in [0.2, 0.25) is 5.91 Å². The van der Waals surface area contributed by atoms with Crippen molar-refractivity contribution in [3.63, 3.8) is 0 Å². The summed E-state index contributed by atoms with van der Waals surface area (Å²) in [6, 6.07) is 7.62. The summed E-state index contributed by atoms with van der Waals surface area (Å²) >= 11 is 5.90. The number of rotatable bonds is 4. The van der Waals surface area contributed by atoms with E-state index in [2.05, 4.69) is 0 Å². The van der Waals surface area contributed by atoms with E-state index in [1.54, 1.807) is 0 Å². The van der Waals surface area contributed by atoms with Crippen LogP contribution in [0.25, 0.3) is 0 Å². The fourth-order valence-corrected chi connectivity index (χ4v) is 2.52. The number of halogens is 1. The van der Waals surface area contributed by atoms with E-state index in [1.165, 1.54) is 0 Å². The van der Waals surface area contributed by atoms with Gasteiger partial charge in [-0.25, -0.2) is 0 Å².